The van der Waals surface area contributed by atoms with Crippen LogP contribution in [0.5, 0.6) is 5.75 Å². The number of aromatic nitrogens is 4. The number of H-pyrrole nitrogens is 1. The molecule has 1 aliphatic rings. The molecule has 3 aromatic carbocycles. The number of allylic oxidation sites excluding steroid dienone is 2. The predicted molar refractivity (Wildman–Crippen MR) is 163 cm³/mol. The molecule has 0 radical (unpaired) electrons. The van der Waals surface area contributed by atoms with Crippen molar-refractivity contribution in [3.05, 3.63) is 95.6 Å². The molecular weight excluding hydrogens is 630 g/mol. The normalized spacial score (nSPS) is 13.9. The monoisotopic (exact) mass is 658 g/mol. The second kappa shape index (κ2) is 14.3. The van der Waals surface area contributed by atoms with Gasteiger partial charge in [0.15, 0.2) is 0 Å². The quantitative estimate of drug-likeness (QED) is 0.0978. The lowest BCUT2D eigenvalue weighted by Crippen LogP contribution is -2.37. The highest BCUT2D eigenvalue weighted by molar-refractivity contribution is 6.06. The maximum Gasteiger partial charge on any atom is 0.573 e. The molecule has 0 atom stereocenters. The Balaban J connectivity index is 1.46. The zero-order valence-electron chi connectivity index (χ0n) is 24.6. The number of aliphatic imine (C=N–C) groups is 1. The van der Waals surface area contributed by atoms with Crippen LogP contribution in [0.4, 0.5) is 43.7 Å². The summed E-state index contributed by atoms with van der Waals surface area (Å²) >= 11 is 0. The van der Waals surface area contributed by atoms with Crippen LogP contribution in [0.1, 0.15) is 47.2 Å². The van der Waals surface area contributed by atoms with E-state index in [1.165, 1.54) is 34.7 Å². The Morgan fingerprint density at radius 3 is 2.23 bits per heavy atom. The maximum absolute atomic E-state index is 13.4. The van der Waals surface area contributed by atoms with E-state index < -0.39 is 30.7 Å². The molecule has 0 aliphatic heterocycles. The number of anilines is 3. The molecule has 1 aliphatic carbocycles. The lowest BCUT2D eigenvalue weighted by Gasteiger charge is -2.28. The van der Waals surface area contributed by atoms with Gasteiger partial charge in [-0.2, -0.15) is 18.4 Å². The molecule has 16 heteroatoms. The summed E-state index contributed by atoms with van der Waals surface area (Å²) in [6.45, 7) is -1.52. The molecule has 0 unspecified atom stereocenters. The van der Waals surface area contributed by atoms with Gasteiger partial charge in [-0.25, -0.2) is 4.99 Å². The Bertz CT molecular complexity index is 1690. The zero-order valence-corrected chi connectivity index (χ0v) is 24.6. The van der Waals surface area contributed by atoms with Crippen molar-refractivity contribution in [1.29, 1.82) is 0 Å². The van der Waals surface area contributed by atoms with Gasteiger partial charge < -0.3 is 15.0 Å². The second-order valence-corrected chi connectivity index (χ2v) is 10.4. The Labute approximate surface area is 264 Å². The third-order valence-electron chi connectivity index (χ3n) is 6.98. The summed E-state index contributed by atoms with van der Waals surface area (Å²) in [6.07, 6.45) is -3.31. The predicted octanol–water partition coefficient (Wildman–Crippen LogP) is 7.35. The number of ether oxygens (including phenoxy) is 1. The Morgan fingerprint density at radius 2 is 1.64 bits per heavy atom. The van der Waals surface area contributed by atoms with Gasteiger partial charge in [-0.3, -0.25) is 10.1 Å². The SMILES string of the molecule is O=C(Nc1nn[nH]n1)c1ccc(CN(C(=NCC(F)(F)F)Nc2ccc(OC(F)(F)F)cc2)c2ccc(C3=CCCCC3)cc2)cc1. The van der Waals surface area contributed by atoms with Gasteiger partial charge in [-0.15, -0.1) is 18.3 Å². The largest absolute Gasteiger partial charge is 0.573 e. The van der Waals surface area contributed by atoms with E-state index in [-0.39, 0.29) is 29.7 Å². The Kier molecular flexibility index (Phi) is 10.1. The van der Waals surface area contributed by atoms with Gasteiger partial charge >= 0.3 is 12.5 Å². The minimum Gasteiger partial charge on any atom is -0.406 e. The minimum absolute atomic E-state index is 0.00768. The van der Waals surface area contributed by atoms with Crippen LogP contribution in [-0.2, 0) is 6.54 Å². The highest BCUT2D eigenvalue weighted by Gasteiger charge is 2.31. The molecule has 1 aromatic heterocycles. The Morgan fingerprint density at radius 1 is 0.915 bits per heavy atom. The summed E-state index contributed by atoms with van der Waals surface area (Å²) in [6, 6.07) is 18.2. The van der Waals surface area contributed by atoms with Gasteiger partial charge in [-0.05, 0) is 96.1 Å². The summed E-state index contributed by atoms with van der Waals surface area (Å²) in [7, 11) is 0. The number of benzene rings is 3. The third kappa shape index (κ3) is 9.79. The van der Waals surface area contributed by atoms with Crippen LogP contribution in [0.3, 0.4) is 0 Å². The van der Waals surface area contributed by atoms with Crippen molar-refractivity contribution in [2.75, 3.05) is 22.1 Å². The van der Waals surface area contributed by atoms with Gasteiger partial charge in [0.1, 0.15) is 12.3 Å². The molecule has 0 bridgehead atoms. The molecule has 1 heterocycles. The molecule has 5 rings (SSSR count). The van der Waals surface area contributed by atoms with Crippen LogP contribution >= 0.6 is 0 Å². The van der Waals surface area contributed by atoms with Crippen LogP contribution in [0, 0.1) is 0 Å². The van der Waals surface area contributed by atoms with E-state index in [1.807, 2.05) is 12.1 Å². The molecule has 0 spiro atoms. The molecule has 1 amide bonds. The van der Waals surface area contributed by atoms with Crippen LogP contribution in [0.15, 0.2) is 83.9 Å². The van der Waals surface area contributed by atoms with Gasteiger partial charge in [0.25, 0.3) is 11.9 Å². The van der Waals surface area contributed by atoms with Crippen molar-refractivity contribution in [2.24, 2.45) is 4.99 Å². The molecule has 246 valence electrons. The first-order chi connectivity index (χ1) is 22.4. The van der Waals surface area contributed by atoms with Gasteiger partial charge in [0, 0.05) is 16.9 Å². The molecule has 0 saturated carbocycles. The number of carbonyl (C=O) groups is 1. The Hall–Kier alpha value is -5.41. The topological polar surface area (TPSA) is 120 Å². The van der Waals surface area contributed by atoms with Crippen molar-refractivity contribution < 1.29 is 35.9 Å². The lowest BCUT2D eigenvalue weighted by molar-refractivity contribution is -0.274. The number of carbonyl (C=O) groups excluding carboxylic acids is 1. The number of hydrogen-bond donors (Lipinski definition) is 3. The minimum atomic E-state index is -4.91. The zero-order chi connectivity index (χ0) is 33.4. The number of guanidine groups is 1. The molecule has 4 aromatic rings. The van der Waals surface area contributed by atoms with Gasteiger partial charge in [-0.1, -0.05) is 35.4 Å². The van der Waals surface area contributed by atoms with E-state index in [0.717, 1.165) is 43.4 Å². The van der Waals surface area contributed by atoms with Crippen molar-refractivity contribution in [1.82, 2.24) is 20.6 Å². The maximum atomic E-state index is 13.4. The number of tetrazole rings is 1. The van der Waals surface area contributed by atoms with Crippen LogP contribution in [-0.4, -0.2) is 51.6 Å². The van der Waals surface area contributed by atoms with Crippen molar-refractivity contribution >= 4 is 34.8 Å². The number of nitrogens with zero attached hydrogens (tertiary/aromatic N) is 5. The van der Waals surface area contributed by atoms with Crippen LogP contribution in [0.25, 0.3) is 5.57 Å². The van der Waals surface area contributed by atoms with Crippen molar-refractivity contribution in [2.45, 2.75) is 44.8 Å². The number of alkyl halides is 6. The van der Waals surface area contributed by atoms with Crippen molar-refractivity contribution in [3.63, 3.8) is 0 Å². The van der Waals surface area contributed by atoms with E-state index >= 15 is 0 Å². The van der Waals surface area contributed by atoms with E-state index in [0.29, 0.717) is 11.3 Å². The highest BCUT2D eigenvalue weighted by atomic mass is 19.4. The van der Waals surface area contributed by atoms with E-state index in [2.05, 4.69) is 47.1 Å². The fourth-order valence-electron chi connectivity index (χ4n) is 4.80. The van der Waals surface area contributed by atoms with Crippen LogP contribution < -0.4 is 20.3 Å². The molecular formula is C31H28F6N8O2. The lowest BCUT2D eigenvalue weighted by atomic mass is 9.93. The molecule has 47 heavy (non-hydrogen) atoms. The number of amides is 1. The summed E-state index contributed by atoms with van der Waals surface area (Å²) in [5, 5.41) is 18.2. The fourth-order valence-corrected chi connectivity index (χ4v) is 4.80. The number of halogens is 6. The fraction of sp³-hybridized carbons (Fsp3) is 0.258. The highest BCUT2D eigenvalue weighted by Crippen LogP contribution is 2.30. The smallest absolute Gasteiger partial charge is 0.406 e. The summed E-state index contributed by atoms with van der Waals surface area (Å²) in [5.74, 6) is -1.23. The third-order valence-corrected chi connectivity index (χ3v) is 6.98. The average molecular weight is 659 g/mol. The standard InChI is InChI=1S/C31H28F6N8O2/c32-30(33,34)19-38-29(39-24-12-16-26(17-13-24)47-31(35,36)37)45(25-14-10-22(11-15-25)21-4-2-1-3-5-21)18-20-6-8-23(9-7-20)27(46)40-28-41-43-44-42-28/h4,6-17H,1-3,5,18-19H2,(H,38,39)(H2,40,41,42,43,44,46). The summed E-state index contributed by atoms with van der Waals surface area (Å²) in [4.78, 5) is 17.9. The van der Waals surface area contributed by atoms with E-state index in [1.54, 1.807) is 24.3 Å². The van der Waals surface area contributed by atoms with Crippen LogP contribution in [0.2, 0.25) is 0 Å². The number of hydrogen-bond acceptors (Lipinski definition) is 6. The molecule has 3 N–H and O–H groups in total. The first kappa shape index (κ1) is 33.0. The van der Waals surface area contributed by atoms with E-state index in [4.69, 9.17) is 0 Å². The van der Waals surface area contributed by atoms with E-state index in [9.17, 15) is 31.1 Å². The molecule has 10 nitrogen and oxygen atoms in total. The molecule has 0 fully saturated rings. The average Bonchev–Trinajstić information content (AvgIpc) is 3.56. The van der Waals surface area contributed by atoms with Gasteiger partial charge in [0.05, 0.1) is 6.54 Å². The summed E-state index contributed by atoms with van der Waals surface area (Å²) < 4.78 is 82.2. The number of nitrogens with one attached hydrogen (secondary N) is 3. The van der Waals surface area contributed by atoms with Gasteiger partial charge in [0.2, 0.25) is 5.96 Å². The first-order valence-electron chi connectivity index (χ1n) is 14.4. The first-order valence-corrected chi connectivity index (χ1v) is 14.4. The summed E-state index contributed by atoms with van der Waals surface area (Å²) in [5.41, 5.74) is 3.72. The number of aromatic amines is 1. The molecule has 0 saturated heterocycles. The number of rotatable bonds is 9. The van der Waals surface area contributed by atoms with Crippen molar-refractivity contribution in [3.8, 4) is 5.75 Å². The second-order valence-electron chi connectivity index (χ2n) is 10.4.